The van der Waals surface area contributed by atoms with Crippen molar-refractivity contribution in [1.29, 1.82) is 0 Å². The third-order valence-corrected chi connectivity index (χ3v) is 5.30. The van der Waals surface area contributed by atoms with Gasteiger partial charge in [0.15, 0.2) is 0 Å². The van der Waals surface area contributed by atoms with E-state index in [0.29, 0.717) is 10.9 Å². The van der Waals surface area contributed by atoms with Gasteiger partial charge in [0.1, 0.15) is 11.9 Å². The molecule has 27 heavy (non-hydrogen) atoms. The van der Waals surface area contributed by atoms with E-state index in [2.05, 4.69) is 34.6 Å². The van der Waals surface area contributed by atoms with Gasteiger partial charge in [0.2, 0.25) is 0 Å². The van der Waals surface area contributed by atoms with Gasteiger partial charge >= 0.3 is 0 Å². The molecule has 1 aliphatic rings. The average molecular weight is 379 g/mol. The van der Waals surface area contributed by atoms with Crippen molar-refractivity contribution in [3.8, 4) is 17.0 Å². The highest BCUT2D eigenvalue weighted by Crippen LogP contribution is 2.40. The first-order valence-corrected chi connectivity index (χ1v) is 9.74. The summed E-state index contributed by atoms with van der Waals surface area (Å²) in [7, 11) is 0. The third-order valence-electron chi connectivity index (χ3n) is 5.08. The Morgan fingerprint density at radius 1 is 1.11 bits per heavy atom. The van der Waals surface area contributed by atoms with Crippen LogP contribution in [0.2, 0.25) is 5.02 Å². The molecule has 1 N–H and O–H groups in total. The van der Waals surface area contributed by atoms with Gasteiger partial charge in [-0.15, -0.1) is 0 Å². The molecule has 1 aliphatic heterocycles. The van der Waals surface area contributed by atoms with Crippen LogP contribution >= 0.6 is 11.6 Å². The Balaban J connectivity index is 1.77. The standard InChI is InChI=1S/C23H23ClN2O/c1-16-13-19(24)14-20(21-9-5-6-11-26-21)22(16)27-23(18-10-12-25-15-18)17-7-3-2-4-8-17/h2-9,11,13-14,18,23,25H,10,12,15H2,1H3/t18-,23-/m0/s1. The summed E-state index contributed by atoms with van der Waals surface area (Å²) in [4.78, 5) is 4.52. The van der Waals surface area contributed by atoms with Gasteiger partial charge in [-0.25, -0.2) is 0 Å². The van der Waals surface area contributed by atoms with Crippen molar-refractivity contribution in [2.75, 3.05) is 13.1 Å². The van der Waals surface area contributed by atoms with Gasteiger partial charge in [0, 0.05) is 29.2 Å². The lowest BCUT2D eigenvalue weighted by Crippen LogP contribution is -2.22. The zero-order valence-corrected chi connectivity index (χ0v) is 16.1. The Kier molecular flexibility index (Phi) is 5.42. The monoisotopic (exact) mass is 378 g/mol. The molecule has 3 nitrogen and oxygen atoms in total. The quantitative estimate of drug-likeness (QED) is 0.641. The van der Waals surface area contributed by atoms with Gasteiger partial charge in [-0.3, -0.25) is 4.98 Å². The number of nitrogens with zero attached hydrogens (tertiary/aromatic N) is 1. The number of ether oxygens (including phenoxy) is 1. The number of rotatable bonds is 5. The summed E-state index contributed by atoms with van der Waals surface area (Å²) in [6, 6.07) is 20.3. The molecule has 0 bridgehead atoms. The summed E-state index contributed by atoms with van der Waals surface area (Å²) >= 11 is 6.36. The normalized spacial score (nSPS) is 17.6. The van der Waals surface area contributed by atoms with Crippen molar-refractivity contribution in [3.63, 3.8) is 0 Å². The predicted molar refractivity (Wildman–Crippen MR) is 110 cm³/mol. The Bertz CT molecular complexity index is 893. The molecule has 1 aromatic heterocycles. The molecule has 0 spiro atoms. The van der Waals surface area contributed by atoms with Crippen LogP contribution in [0.25, 0.3) is 11.3 Å². The summed E-state index contributed by atoms with van der Waals surface area (Å²) in [6.45, 7) is 4.04. The number of pyridine rings is 1. The fourth-order valence-corrected chi connectivity index (χ4v) is 4.01. The molecule has 2 heterocycles. The van der Waals surface area contributed by atoms with E-state index in [-0.39, 0.29) is 6.10 Å². The van der Waals surface area contributed by atoms with E-state index in [1.807, 2.05) is 43.3 Å². The van der Waals surface area contributed by atoms with E-state index in [4.69, 9.17) is 16.3 Å². The summed E-state index contributed by atoms with van der Waals surface area (Å²) in [5, 5.41) is 4.16. The minimum Gasteiger partial charge on any atom is -0.484 e. The smallest absolute Gasteiger partial charge is 0.132 e. The zero-order valence-electron chi connectivity index (χ0n) is 15.4. The minimum atomic E-state index is -0.0106. The van der Waals surface area contributed by atoms with Gasteiger partial charge in [-0.1, -0.05) is 48.0 Å². The van der Waals surface area contributed by atoms with Crippen LogP contribution in [0.1, 0.15) is 23.7 Å². The number of halogens is 1. The number of hydrogen-bond donors (Lipinski definition) is 1. The molecule has 0 saturated carbocycles. The number of nitrogens with one attached hydrogen (secondary N) is 1. The fraction of sp³-hybridized carbons (Fsp3) is 0.261. The molecule has 2 atom stereocenters. The van der Waals surface area contributed by atoms with E-state index >= 15 is 0 Å². The lowest BCUT2D eigenvalue weighted by atomic mass is 9.94. The Hall–Kier alpha value is -2.36. The summed E-state index contributed by atoms with van der Waals surface area (Å²) in [5.74, 6) is 1.29. The second kappa shape index (κ2) is 8.12. The van der Waals surface area contributed by atoms with E-state index in [0.717, 1.165) is 42.1 Å². The molecule has 1 saturated heterocycles. The molecule has 4 rings (SSSR count). The highest BCUT2D eigenvalue weighted by atomic mass is 35.5. The van der Waals surface area contributed by atoms with Gasteiger partial charge in [0.05, 0.1) is 5.69 Å². The number of aromatic nitrogens is 1. The summed E-state index contributed by atoms with van der Waals surface area (Å²) in [5.41, 5.74) is 4.03. The highest BCUT2D eigenvalue weighted by Gasteiger charge is 2.29. The van der Waals surface area contributed by atoms with Crippen molar-refractivity contribution in [1.82, 2.24) is 10.3 Å². The zero-order chi connectivity index (χ0) is 18.6. The van der Waals surface area contributed by atoms with Gasteiger partial charge in [-0.2, -0.15) is 0 Å². The van der Waals surface area contributed by atoms with Gasteiger partial charge in [-0.05, 0) is 55.3 Å². The molecular formula is C23H23ClN2O. The van der Waals surface area contributed by atoms with E-state index in [1.165, 1.54) is 5.56 Å². The van der Waals surface area contributed by atoms with Gasteiger partial charge < -0.3 is 10.1 Å². The lowest BCUT2D eigenvalue weighted by Gasteiger charge is -2.27. The van der Waals surface area contributed by atoms with E-state index in [9.17, 15) is 0 Å². The fourth-order valence-electron chi connectivity index (χ4n) is 3.74. The Labute approximate surface area is 165 Å². The molecular weight excluding hydrogens is 356 g/mol. The van der Waals surface area contributed by atoms with Crippen LogP contribution in [0.3, 0.4) is 0 Å². The molecule has 0 aliphatic carbocycles. The van der Waals surface area contributed by atoms with Crippen LogP contribution < -0.4 is 10.1 Å². The maximum Gasteiger partial charge on any atom is 0.132 e. The lowest BCUT2D eigenvalue weighted by molar-refractivity contribution is 0.144. The molecule has 0 amide bonds. The molecule has 3 aromatic rings. The van der Waals surface area contributed by atoms with Crippen LogP contribution in [-0.4, -0.2) is 18.1 Å². The first-order valence-electron chi connectivity index (χ1n) is 9.36. The average Bonchev–Trinajstić information content (AvgIpc) is 3.23. The SMILES string of the molecule is Cc1cc(Cl)cc(-c2ccccn2)c1O[C@@H](c1ccccc1)[C@H]1CCNC1. The van der Waals surface area contributed by atoms with Crippen LogP contribution in [0.4, 0.5) is 0 Å². The first-order chi connectivity index (χ1) is 13.2. The first kappa shape index (κ1) is 18.0. The van der Waals surface area contributed by atoms with E-state index in [1.54, 1.807) is 6.20 Å². The summed E-state index contributed by atoms with van der Waals surface area (Å²) in [6.07, 6.45) is 2.89. The van der Waals surface area contributed by atoms with Crippen LogP contribution in [0.5, 0.6) is 5.75 Å². The molecule has 0 radical (unpaired) electrons. The Morgan fingerprint density at radius 3 is 2.63 bits per heavy atom. The number of benzene rings is 2. The second-order valence-electron chi connectivity index (χ2n) is 7.02. The van der Waals surface area contributed by atoms with Crippen molar-refractivity contribution in [2.24, 2.45) is 5.92 Å². The molecule has 138 valence electrons. The van der Waals surface area contributed by atoms with Crippen molar-refractivity contribution < 1.29 is 4.74 Å². The predicted octanol–water partition coefficient (Wildman–Crippen LogP) is 5.44. The largest absolute Gasteiger partial charge is 0.484 e. The second-order valence-corrected chi connectivity index (χ2v) is 7.45. The van der Waals surface area contributed by atoms with Crippen LogP contribution in [-0.2, 0) is 0 Å². The van der Waals surface area contributed by atoms with Crippen molar-refractivity contribution in [2.45, 2.75) is 19.4 Å². The Morgan fingerprint density at radius 2 is 1.93 bits per heavy atom. The molecule has 0 unspecified atom stereocenters. The maximum absolute atomic E-state index is 6.72. The van der Waals surface area contributed by atoms with Crippen molar-refractivity contribution >= 4 is 11.6 Å². The maximum atomic E-state index is 6.72. The summed E-state index contributed by atoms with van der Waals surface area (Å²) < 4.78 is 6.72. The van der Waals surface area contributed by atoms with Gasteiger partial charge in [0.25, 0.3) is 0 Å². The van der Waals surface area contributed by atoms with E-state index < -0.39 is 0 Å². The molecule has 4 heteroatoms. The minimum absolute atomic E-state index is 0.0106. The highest BCUT2D eigenvalue weighted by molar-refractivity contribution is 6.31. The van der Waals surface area contributed by atoms with Crippen LogP contribution in [0.15, 0.2) is 66.9 Å². The molecule has 2 aromatic carbocycles. The van der Waals surface area contributed by atoms with Crippen LogP contribution in [0, 0.1) is 12.8 Å². The third kappa shape index (κ3) is 4.00. The topological polar surface area (TPSA) is 34.1 Å². The number of hydrogen-bond acceptors (Lipinski definition) is 3. The molecule has 1 fully saturated rings. The van der Waals surface area contributed by atoms with Crippen molar-refractivity contribution in [3.05, 3.63) is 83.0 Å². The number of aryl methyl sites for hydroxylation is 1.